The minimum absolute atomic E-state index is 0.750. The molecular formula is C6H8N2O. The summed E-state index contributed by atoms with van der Waals surface area (Å²) in [5.74, 6) is 0. The second-order valence-corrected chi connectivity index (χ2v) is 1.81. The quantitative estimate of drug-likeness (QED) is 0.470. The van der Waals surface area contributed by atoms with Crippen LogP contribution in [-0.4, -0.2) is 23.3 Å². The van der Waals surface area contributed by atoms with Crippen molar-refractivity contribution < 1.29 is 4.79 Å². The molecule has 9 heavy (non-hydrogen) atoms. The van der Waals surface area contributed by atoms with E-state index >= 15 is 0 Å². The van der Waals surface area contributed by atoms with Crippen molar-refractivity contribution in [2.75, 3.05) is 7.05 Å². The fourth-order valence-electron chi connectivity index (χ4n) is 0.534. The standard InChI is InChI=1S/C6H8N2O/c1-7-2-4-8(6-9)5-3-7/h2-6H,1H3. The van der Waals surface area contributed by atoms with Crippen molar-refractivity contribution in [1.29, 1.82) is 0 Å². The summed E-state index contributed by atoms with van der Waals surface area (Å²) in [5.41, 5.74) is 0. The maximum Gasteiger partial charge on any atom is 0.217 e. The lowest BCUT2D eigenvalue weighted by atomic mass is 10.6. The van der Waals surface area contributed by atoms with Crippen molar-refractivity contribution >= 4 is 6.41 Å². The van der Waals surface area contributed by atoms with Gasteiger partial charge in [-0.05, 0) is 0 Å². The first kappa shape index (κ1) is 5.88. The normalized spacial score (nSPS) is 16.6. The average molecular weight is 124 g/mol. The molecule has 0 aromatic carbocycles. The summed E-state index contributed by atoms with van der Waals surface area (Å²) in [6.07, 6.45) is 7.72. The molecule has 0 radical (unpaired) electrons. The van der Waals surface area contributed by atoms with E-state index < -0.39 is 0 Å². The molecule has 1 aliphatic rings. The minimum Gasteiger partial charge on any atom is -0.354 e. The second-order valence-electron chi connectivity index (χ2n) is 1.81. The molecule has 1 aliphatic heterocycles. The Morgan fingerprint density at radius 1 is 1.22 bits per heavy atom. The number of amides is 1. The maximum absolute atomic E-state index is 10.1. The van der Waals surface area contributed by atoms with E-state index in [4.69, 9.17) is 0 Å². The third kappa shape index (κ3) is 1.32. The fourth-order valence-corrected chi connectivity index (χ4v) is 0.534. The Morgan fingerprint density at radius 2 is 1.78 bits per heavy atom. The molecule has 1 amide bonds. The highest BCUT2D eigenvalue weighted by Gasteiger charge is 1.94. The summed E-state index contributed by atoms with van der Waals surface area (Å²) in [5, 5.41) is 0. The highest BCUT2D eigenvalue weighted by atomic mass is 16.1. The van der Waals surface area contributed by atoms with Gasteiger partial charge in [-0.3, -0.25) is 9.69 Å². The monoisotopic (exact) mass is 124 g/mol. The van der Waals surface area contributed by atoms with Crippen LogP contribution in [0.25, 0.3) is 0 Å². The van der Waals surface area contributed by atoms with Gasteiger partial charge in [0.25, 0.3) is 0 Å². The molecule has 0 saturated heterocycles. The van der Waals surface area contributed by atoms with Gasteiger partial charge in [-0.1, -0.05) is 0 Å². The van der Waals surface area contributed by atoms with Gasteiger partial charge in [-0.25, -0.2) is 0 Å². The zero-order valence-corrected chi connectivity index (χ0v) is 5.19. The zero-order valence-electron chi connectivity index (χ0n) is 5.19. The van der Waals surface area contributed by atoms with Crippen molar-refractivity contribution in [2.24, 2.45) is 0 Å². The Morgan fingerprint density at radius 3 is 2.22 bits per heavy atom. The molecule has 0 unspecified atom stereocenters. The van der Waals surface area contributed by atoms with Crippen LogP contribution in [0.3, 0.4) is 0 Å². The fraction of sp³-hybridized carbons (Fsp3) is 0.167. The summed E-state index contributed by atoms with van der Waals surface area (Å²) in [4.78, 5) is 13.4. The van der Waals surface area contributed by atoms with E-state index in [-0.39, 0.29) is 0 Å². The second kappa shape index (κ2) is 2.35. The van der Waals surface area contributed by atoms with Crippen LogP contribution in [0.4, 0.5) is 0 Å². The summed E-state index contributed by atoms with van der Waals surface area (Å²) in [6.45, 7) is 0. The van der Waals surface area contributed by atoms with Gasteiger partial charge in [-0.2, -0.15) is 0 Å². The first-order valence-electron chi connectivity index (χ1n) is 2.64. The zero-order chi connectivity index (χ0) is 6.69. The van der Waals surface area contributed by atoms with E-state index in [1.54, 1.807) is 24.8 Å². The molecule has 0 saturated carbocycles. The van der Waals surface area contributed by atoms with Gasteiger partial charge in [0.2, 0.25) is 6.41 Å². The minimum atomic E-state index is 0.750. The lowest BCUT2D eigenvalue weighted by Gasteiger charge is -2.15. The molecule has 48 valence electrons. The van der Waals surface area contributed by atoms with Crippen LogP contribution < -0.4 is 0 Å². The maximum atomic E-state index is 10.1. The lowest BCUT2D eigenvalue weighted by molar-refractivity contribution is -0.114. The molecule has 0 N–H and O–H groups in total. The molecule has 0 aromatic heterocycles. The van der Waals surface area contributed by atoms with Gasteiger partial charge in [0, 0.05) is 31.8 Å². The van der Waals surface area contributed by atoms with Crippen molar-refractivity contribution in [3.63, 3.8) is 0 Å². The van der Waals surface area contributed by atoms with E-state index in [9.17, 15) is 4.79 Å². The highest BCUT2D eigenvalue weighted by molar-refractivity contribution is 5.51. The molecule has 1 heterocycles. The van der Waals surface area contributed by atoms with Crippen molar-refractivity contribution in [2.45, 2.75) is 0 Å². The van der Waals surface area contributed by atoms with Crippen molar-refractivity contribution in [3.8, 4) is 0 Å². The van der Waals surface area contributed by atoms with Crippen LogP contribution in [0.1, 0.15) is 0 Å². The van der Waals surface area contributed by atoms with E-state index in [0.29, 0.717) is 0 Å². The summed E-state index contributed by atoms with van der Waals surface area (Å²) < 4.78 is 0. The molecule has 1 rings (SSSR count). The third-order valence-corrected chi connectivity index (χ3v) is 1.07. The van der Waals surface area contributed by atoms with Crippen molar-refractivity contribution in [1.82, 2.24) is 9.80 Å². The first-order chi connectivity index (χ1) is 4.33. The first-order valence-corrected chi connectivity index (χ1v) is 2.64. The molecular weight excluding hydrogens is 116 g/mol. The molecule has 3 nitrogen and oxygen atoms in total. The lowest BCUT2D eigenvalue weighted by Crippen LogP contribution is -2.14. The van der Waals surface area contributed by atoms with E-state index in [0.717, 1.165) is 6.41 Å². The molecule has 0 aromatic rings. The predicted molar refractivity (Wildman–Crippen MR) is 33.9 cm³/mol. The summed E-state index contributed by atoms with van der Waals surface area (Å²) in [6, 6.07) is 0. The Hall–Kier alpha value is -1.25. The average Bonchev–Trinajstić information content (AvgIpc) is 1.90. The van der Waals surface area contributed by atoms with Gasteiger partial charge in [-0.15, -0.1) is 0 Å². The van der Waals surface area contributed by atoms with E-state index in [1.165, 1.54) is 4.90 Å². The molecule has 3 heteroatoms. The topological polar surface area (TPSA) is 23.6 Å². The van der Waals surface area contributed by atoms with Crippen molar-refractivity contribution in [3.05, 3.63) is 24.8 Å². The highest BCUT2D eigenvalue weighted by Crippen LogP contribution is 1.97. The molecule has 0 spiro atoms. The van der Waals surface area contributed by atoms with Crippen LogP contribution in [0.2, 0.25) is 0 Å². The predicted octanol–water partition coefficient (Wildman–Crippen LogP) is 0.333. The van der Waals surface area contributed by atoms with Crippen LogP contribution >= 0.6 is 0 Å². The number of hydrogen-bond acceptors (Lipinski definition) is 2. The van der Waals surface area contributed by atoms with Gasteiger partial charge in [0.15, 0.2) is 0 Å². The van der Waals surface area contributed by atoms with Crippen LogP contribution in [-0.2, 0) is 4.79 Å². The van der Waals surface area contributed by atoms with E-state index in [2.05, 4.69) is 0 Å². The Labute approximate surface area is 53.9 Å². The third-order valence-electron chi connectivity index (χ3n) is 1.07. The van der Waals surface area contributed by atoms with Gasteiger partial charge < -0.3 is 4.90 Å². The molecule has 0 bridgehead atoms. The number of rotatable bonds is 1. The Bertz CT molecular complexity index is 148. The number of carbonyl (C=O) groups excluding carboxylic acids is 1. The van der Waals surface area contributed by atoms with E-state index in [1.807, 2.05) is 11.9 Å². The summed E-state index contributed by atoms with van der Waals surface area (Å²) >= 11 is 0. The number of nitrogens with zero attached hydrogens (tertiary/aromatic N) is 2. The van der Waals surface area contributed by atoms with Gasteiger partial charge in [0.1, 0.15) is 0 Å². The SMILES string of the molecule is CN1C=CN(C=O)C=C1. The largest absolute Gasteiger partial charge is 0.354 e. The van der Waals surface area contributed by atoms with Crippen LogP contribution in [0.15, 0.2) is 24.8 Å². The number of hydrogen-bond donors (Lipinski definition) is 0. The van der Waals surface area contributed by atoms with Crippen LogP contribution in [0, 0.1) is 0 Å². The molecule has 0 fully saturated rings. The summed E-state index contributed by atoms with van der Waals surface area (Å²) in [7, 11) is 1.90. The molecule has 0 atom stereocenters. The Kier molecular flexibility index (Phi) is 1.53. The van der Waals surface area contributed by atoms with Gasteiger partial charge >= 0.3 is 0 Å². The smallest absolute Gasteiger partial charge is 0.217 e. The molecule has 0 aliphatic carbocycles. The van der Waals surface area contributed by atoms with Gasteiger partial charge in [0.05, 0.1) is 0 Å². The van der Waals surface area contributed by atoms with Crippen LogP contribution in [0.5, 0.6) is 0 Å². The Balaban J connectivity index is 2.58. The number of carbonyl (C=O) groups is 1.